The third-order valence-corrected chi connectivity index (χ3v) is 7.36. The van der Waals surface area contributed by atoms with Crippen LogP contribution in [0.25, 0.3) is 33.6 Å². The van der Waals surface area contributed by atoms with Crippen LogP contribution in [0.5, 0.6) is 0 Å². The van der Waals surface area contributed by atoms with Gasteiger partial charge in [-0.05, 0) is 59.8 Å². The van der Waals surface area contributed by atoms with Gasteiger partial charge in [-0.3, -0.25) is 0 Å². The van der Waals surface area contributed by atoms with Gasteiger partial charge in [0.15, 0.2) is 0 Å². The van der Waals surface area contributed by atoms with E-state index in [0.29, 0.717) is 5.92 Å². The predicted molar refractivity (Wildman–Crippen MR) is 180 cm³/mol. The topological polar surface area (TPSA) is 25.8 Å². The monoisotopic (exact) mass is 751 g/mol. The molecule has 2 heterocycles. The van der Waals surface area contributed by atoms with E-state index >= 15 is 0 Å². The van der Waals surface area contributed by atoms with Crippen LogP contribution in [-0.2, 0) is 32.9 Å². The van der Waals surface area contributed by atoms with E-state index in [9.17, 15) is 0 Å². The van der Waals surface area contributed by atoms with Gasteiger partial charge in [0.2, 0.25) is 0 Å². The van der Waals surface area contributed by atoms with Crippen LogP contribution in [0, 0.1) is 31.9 Å². The molecule has 0 atom stereocenters. The molecule has 0 fully saturated rings. The Labute approximate surface area is 276 Å². The van der Waals surface area contributed by atoms with E-state index < -0.39 is 0 Å². The van der Waals surface area contributed by atoms with E-state index in [4.69, 9.17) is 0 Å². The maximum Gasteiger partial charge on any atom is 0.0195 e. The minimum atomic E-state index is 0. The van der Waals surface area contributed by atoms with E-state index in [-0.39, 0.29) is 20.1 Å². The van der Waals surface area contributed by atoms with E-state index in [1.54, 1.807) is 0 Å². The molecule has 2 nitrogen and oxygen atoms in total. The molecule has 0 bridgehead atoms. The number of nitrogens with zero attached hydrogens (tertiary/aromatic N) is 2. The molecule has 4 aromatic carbocycles. The molecule has 44 heavy (non-hydrogen) atoms. The van der Waals surface area contributed by atoms with Crippen molar-refractivity contribution in [2.75, 3.05) is 0 Å². The number of benzene rings is 4. The number of rotatable bonds is 7. The van der Waals surface area contributed by atoms with Crippen LogP contribution < -0.4 is 0 Å². The van der Waals surface area contributed by atoms with Gasteiger partial charge in [0, 0.05) is 32.5 Å². The molecule has 6 aromatic rings. The zero-order chi connectivity index (χ0) is 30.0. The van der Waals surface area contributed by atoms with Gasteiger partial charge in [0.25, 0.3) is 0 Å². The molecule has 0 amide bonds. The summed E-state index contributed by atoms with van der Waals surface area (Å²) in [6.07, 6.45) is 5.90. The van der Waals surface area contributed by atoms with E-state index in [1.165, 1.54) is 38.9 Å². The second-order valence-corrected chi connectivity index (χ2v) is 11.4. The molecule has 0 aliphatic carbocycles. The second-order valence-electron chi connectivity index (χ2n) is 11.4. The first-order valence-corrected chi connectivity index (χ1v) is 15.0. The summed E-state index contributed by atoms with van der Waals surface area (Å²) in [5.74, 6) is 0.669. The Hall–Kier alpha value is -4.17. The van der Waals surface area contributed by atoms with Gasteiger partial charge in [-0.2, -0.15) is 0 Å². The molecule has 3 heteroatoms. The summed E-state index contributed by atoms with van der Waals surface area (Å²) in [5, 5.41) is 0. The van der Waals surface area contributed by atoms with Crippen molar-refractivity contribution in [1.29, 1.82) is 0 Å². The molecule has 0 unspecified atom stereocenters. The number of aromatic nitrogens is 2. The quantitative estimate of drug-likeness (QED) is 0.152. The fraction of sp³-hybridized carbons (Fsp3) is 0.171. The Morgan fingerprint density at radius 3 is 1.91 bits per heavy atom. The summed E-state index contributed by atoms with van der Waals surface area (Å²) in [7, 11) is 0. The fourth-order valence-corrected chi connectivity index (χ4v) is 5.00. The van der Waals surface area contributed by atoms with Gasteiger partial charge in [0.05, 0.1) is 0 Å². The van der Waals surface area contributed by atoms with E-state index in [2.05, 4.69) is 141 Å². The smallest absolute Gasteiger partial charge is 0.0195 e. The summed E-state index contributed by atoms with van der Waals surface area (Å²) >= 11 is 0. The maximum absolute atomic E-state index is 4.56. The zero-order valence-corrected chi connectivity index (χ0v) is 28.2. The summed E-state index contributed by atoms with van der Waals surface area (Å²) in [4.78, 5) is 9.08. The fourth-order valence-electron chi connectivity index (χ4n) is 5.00. The molecule has 1 radical (unpaired) electrons. The van der Waals surface area contributed by atoms with Crippen molar-refractivity contribution in [3.05, 3.63) is 168 Å². The largest absolute Gasteiger partial charge is 0.305 e. The SMILES string of the molecule is Cc1c[c-]c(-c2cc(C)c(CC(C)C)cn2)cc1.[Ir].[c-]1cc(-c2ccccc2)ccc1-c1cc(Cc2ccccc2)ccn1. The first-order valence-electron chi connectivity index (χ1n) is 15.0. The summed E-state index contributed by atoms with van der Waals surface area (Å²) < 4.78 is 0. The molecular formula is C41H38IrN2-2. The Bertz CT molecular complexity index is 1730. The number of aryl methyl sites for hydroxylation is 2. The van der Waals surface area contributed by atoms with Crippen molar-refractivity contribution in [2.24, 2.45) is 5.92 Å². The Morgan fingerprint density at radius 2 is 1.30 bits per heavy atom. The molecule has 0 saturated carbocycles. The molecule has 0 spiro atoms. The van der Waals surface area contributed by atoms with Gasteiger partial charge < -0.3 is 9.97 Å². The molecule has 0 N–H and O–H groups in total. The Morgan fingerprint density at radius 1 is 0.636 bits per heavy atom. The third-order valence-electron chi connectivity index (χ3n) is 7.36. The average Bonchev–Trinajstić information content (AvgIpc) is 3.04. The van der Waals surface area contributed by atoms with Crippen molar-refractivity contribution < 1.29 is 20.1 Å². The van der Waals surface area contributed by atoms with Crippen LogP contribution in [0.3, 0.4) is 0 Å². The Kier molecular flexibility index (Phi) is 11.9. The molecule has 0 aliphatic heterocycles. The molecule has 6 rings (SSSR count). The van der Waals surface area contributed by atoms with Gasteiger partial charge in [-0.15, -0.1) is 65.2 Å². The van der Waals surface area contributed by atoms with Crippen LogP contribution in [0.1, 0.15) is 41.7 Å². The van der Waals surface area contributed by atoms with Gasteiger partial charge in [-0.1, -0.05) is 110 Å². The van der Waals surface area contributed by atoms with Gasteiger partial charge in [-0.25, -0.2) is 0 Å². The van der Waals surface area contributed by atoms with Crippen molar-refractivity contribution >= 4 is 0 Å². The minimum Gasteiger partial charge on any atom is -0.305 e. The van der Waals surface area contributed by atoms with Gasteiger partial charge in [0.1, 0.15) is 0 Å². The van der Waals surface area contributed by atoms with Crippen LogP contribution >= 0.6 is 0 Å². The number of pyridine rings is 2. The third kappa shape index (κ3) is 9.16. The van der Waals surface area contributed by atoms with Crippen molar-refractivity contribution in [2.45, 2.75) is 40.5 Å². The summed E-state index contributed by atoms with van der Waals surface area (Å²) in [5.41, 5.74) is 12.9. The second kappa shape index (κ2) is 16.1. The molecule has 223 valence electrons. The van der Waals surface area contributed by atoms with Crippen molar-refractivity contribution in [3.63, 3.8) is 0 Å². The molecule has 2 aromatic heterocycles. The van der Waals surface area contributed by atoms with Crippen molar-refractivity contribution in [1.82, 2.24) is 9.97 Å². The summed E-state index contributed by atoms with van der Waals surface area (Å²) in [6.45, 7) is 8.71. The zero-order valence-electron chi connectivity index (χ0n) is 25.8. The Balaban J connectivity index is 0.000000207. The van der Waals surface area contributed by atoms with E-state index in [0.717, 1.165) is 35.4 Å². The summed E-state index contributed by atoms with van der Waals surface area (Å²) in [6, 6.07) is 46.4. The molecule has 0 aliphatic rings. The minimum absolute atomic E-state index is 0. The molecular weight excluding hydrogens is 713 g/mol. The van der Waals surface area contributed by atoms with Crippen LogP contribution in [0.2, 0.25) is 0 Å². The van der Waals surface area contributed by atoms with Crippen molar-refractivity contribution in [3.8, 4) is 33.6 Å². The normalized spacial score (nSPS) is 10.5. The van der Waals surface area contributed by atoms with Crippen LogP contribution in [-0.4, -0.2) is 9.97 Å². The van der Waals surface area contributed by atoms with Gasteiger partial charge >= 0.3 is 0 Å². The van der Waals surface area contributed by atoms with Crippen LogP contribution in [0.4, 0.5) is 0 Å². The standard InChI is InChI=1S/C24H18N.C17H20N.Ir/c1-3-7-19(8-4-1)17-20-15-16-25-24(18-20)23-13-11-22(12-14-23)21-9-5-2-6-10-21;1-12(2)9-16-11-18-17(10-14(16)4)15-7-5-13(3)6-8-15;/h1-13,15-16,18H,17H2;5-7,10-12H,9H2,1-4H3;/q2*-1;. The first-order chi connectivity index (χ1) is 20.9. The van der Waals surface area contributed by atoms with Crippen LogP contribution in [0.15, 0.2) is 128 Å². The number of hydrogen-bond donors (Lipinski definition) is 0. The van der Waals surface area contributed by atoms with E-state index in [1.807, 2.05) is 36.7 Å². The predicted octanol–water partition coefficient (Wildman–Crippen LogP) is 10.2. The number of hydrogen-bond acceptors (Lipinski definition) is 2. The average molecular weight is 751 g/mol. The molecule has 0 saturated heterocycles. The maximum atomic E-state index is 4.56. The first kappa shape index (κ1) is 32.7.